The number of aromatic nitrogens is 2. The van der Waals surface area contributed by atoms with Crippen LogP contribution in [-0.4, -0.2) is 20.9 Å². The SMILES string of the molecule is Cc1oc(C(=O)O)cc1Cn1cc(I)cn1. The monoisotopic (exact) mass is 332 g/mol. The van der Waals surface area contributed by atoms with Crippen molar-refractivity contribution < 1.29 is 14.3 Å². The van der Waals surface area contributed by atoms with Crippen molar-refractivity contribution in [1.29, 1.82) is 0 Å². The number of carboxylic acids is 1. The van der Waals surface area contributed by atoms with Crippen molar-refractivity contribution in [2.75, 3.05) is 0 Å². The van der Waals surface area contributed by atoms with Crippen LogP contribution in [0, 0.1) is 10.5 Å². The Kier molecular flexibility index (Phi) is 2.99. The molecule has 2 aromatic rings. The fraction of sp³-hybridized carbons (Fsp3) is 0.200. The minimum atomic E-state index is -1.05. The lowest BCUT2D eigenvalue weighted by atomic mass is 10.2. The van der Waals surface area contributed by atoms with E-state index in [-0.39, 0.29) is 5.76 Å². The summed E-state index contributed by atoms with van der Waals surface area (Å²) in [5.41, 5.74) is 0.830. The van der Waals surface area contributed by atoms with Crippen LogP contribution in [0.3, 0.4) is 0 Å². The number of hydrogen-bond donors (Lipinski definition) is 1. The van der Waals surface area contributed by atoms with Gasteiger partial charge in [0, 0.05) is 11.8 Å². The fourth-order valence-corrected chi connectivity index (χ4v) is 1.83. The smallest absolute Gasteiger partial charge is 0.371 e. The highest BCUT2D eigenvalue weighted by Gasteiger charge is 2.13. The molecule has 0 saturated heterocycles. The summed E-state index contributed by atoms with van der Waals surface area (Å²) >= 11 is 2.17. The van der Waals surface area contributed by atoms with Crippen molar-refractivity contribution in [3.8, 4) is 0 Å². The Morgan fingerprint density at radius 1 is 1.69 bits per heavy atom. The predicted molar refractivity (Wildman–Crippen MR) is 64.5 cm³/mol. The molecule has 0 aliphatic rings. The molecule has 0 unspecified atom stereocenters. The Bertz CT molecular complexity index is 530. The number of nitrogens with zero attached hydrogens (tertiary/aromatic N) is 2. The number of carbonyl (C=O) groups is 1. The first-order valence-electron chi connectivity index (χ1n) is 4.57. The molecule has 0 radical (unpaired) electrons. The van der Waals surface area contributed by atoms with Gasteiger partial charge in [0.15, 0.2) is 0 Å². The maximum Gasteiger partial charge on any atom is 0.371 e. The van der Waals surface area contributed by atoms with E-state index in [4.69, 9.17) is 9.52 Å². The number of halogens is 1. The normalized spacial score (nSPS) is 10.6. The van der Waals surface area contributed by atoms with Crippen molar-refractivity contribution in [2.24, 2.45) is 0 Å². The van der Waals surface area contributed by atoms with E-state index < -0.39 is 5.97 Å². The molecule has 2 heterocycles. The Morgan fingerprint density at radius 2 is 2.44 bits per heavy atom. The largest absolute Gasteiger partial charge is 0.475 e. The van der Waals surface area contributed by atoms with Gasteiger partial charge in [0.25, 0.3) is 0 Å². The third-order valence-corrected chi connectivity index (χ3v) is 2.72. The third kappa shape index (κ3) is 2.26. The zero-order chi connectivity index (χ0) is 11.7. The van der Waals surface area contributed by atoms with Crippen molar-refractivity contribution in [3.05, 3.63) is 39.1 Å². The topological polar surface area (TPSA) is 68.3 Å². The number of carboxylic acid groups (broad SMARTS) is 1. The van der Waals surface area contributed by atoms with Crippen molar-refractivity contribution >= 4 is 28.6 Å². The zero-order valence-electron chi connectivity index (χ0n) is 8.48. The lowest BCUT2D eigenvalue weighted by molar-refractivity contribution is 0.0661. The lowest BCUT2D eigenvalue weighted by Crippen LogP contribution is -2.00. The molecule has 2 rings (SSSR count). The molecule has 84 valence electrons. The van der Waals surface area contributed by atoms with Crippen LogP contribution in [0.15, 0.2) is 22.9 Å². The first kappa shape index (κ1) is 11.2. The standard InChI is InChI=1S/C10H9IN2O3/c1-6-7(2-9(16-6)10(14)15)4-13-5-8(11)3-12-13/h2-3,5H,4H2,1H3,(H,14,15). The zero-order valence-corrected chi connectivity index (χ0v) is 10.6. The number of hydrogen-bond acceptors (Lipinski definition) is 3. The van der Waals surface area contributed by atoms with E-state index in [0.29, 0.717) is 12.3 Å². The summed E-state index contributed by atoms with van der Waals surface area (Å²) in [5, 5.41) is 12.9. The molecule has 5 nitrogen and oxygen atoms in total. The maximum absolute atomic E-state index is 10.7. The molecule has 0 aromatic carbocycles. The second kappa shape index (κ2) is 4.28. The summed E-state index contributed by atoms with van der Waals surface area (Å²) in [6, 6.07) is 1.53. The van der Waals surface area contributed by atoms with Gasteiger partial charge < -0.3 is 9.52 Å². The second-order valence-corrected chi connectivity index (χ2v) is 4.60. The van der Waals surface area contributed by atoms with E-state index in [1.54, 1.807) is 17.8 Å². The summed E-state index contributed by atoms with van der Waals surface area (Å²) in [6.07, 6.45) is 3.63. The van der Waals surface area contributed by atoms with Gasteiger partial charge in [0.1, 0.15) is 5.76 Å². The van der Waals surface area contributed by atoms with Crippen molar-refractivity contribution in [2.45, 2.75) is 13.5 Å². The highest BCUT2D eigenvalue weighted by molar-refractivity contribution is 14.1. The Balaban J connectivity index is 2.24. The van der Waals surface area contributed by atoms with Gasteiger partial charge in [-0.15, -0.1) is 0 Å². The average molecular weight is 332 g/mol. The first-order chi connectivity index (χ1) is 7.56. The van der Waals surface area contributed by atoms with Gasteiger partial charge in [0.05, 0.1) is 16.3 Å². The Labute approximate surface area is 105 Å². The molecule has 16 heavy (non-hydrogen) atoms. The number of aromatic carboxylic acids is 1. The Morgan fingerprint density at radius 3 is 2.94 bits per heavy atom. The molecular formula is C10H9IN2O3. The minimum Gasteiger partial charge on any atom is -0.475 e. The van der Waals surface area contributed by atoms with Gasteiger partial charge in [0.2, 0.25) is 5.76 Å². The molecule has 0 aliphatic heterocycles. The first-order valence-corrected chi connectivity index (χ1v) is 5.64. The van der Waals surface area contributed by atoms with Crippen LogP contribution in [0.5, 0.6) is 0 Å². The van der Waals surface area contributed by atoms with Crippen molar-refractivity contribution in [3.63, 3.8) is 0 Å². The van der Waals surface area contributed by atoms with Crippen LogP contribution in [0.1, 0.15) is 21.9 Å². The van der Waals surface area contributed by atoms with E-state index in [9.17, 15) is 4.79 Å². The van der Waals surface area contributed by atoms with Crippen LogP contribution in [-0.2, 0) is 6.54 Å². The number of furan rings is 1. The van der Waals surface area contributed by atoms with Crippen LogP contribution in [0.25, 0.3) is 0 Å². The van der Waals surface area contributed by atoms with Gasteiger partial charge >= 0.3 is 5.97 Å². The van der Waals surface area contributed by atoms with Crippen LogP contribution < -0.4 is 0 Å². The molecule has 0 amide bonds. The Hall–Kier alpha value is -1.31. The summed E-state index contributed by atoms with van der Waals surface area (Å²) in [6.45, 7) is 2.27. The van der Waals surface area contributed by atoms with Gasteiger partial charge in [-0.2, -0.15) is 5.10 Å². The number of aryl methyl sites for hydroxylation is 1. The molecule has 0 spiro atoms. The summed E-state index contributed by atoms with van der Waals surface area (Å²) in [4.78, 5) is 10.7. The maximum atomic E-state index is 10.7. The third-order valence-electron chi connectivity index (χ3n) is 2.17. The molecular weight excluding hydrogens is 323 g/mol. The molecule has 0 bridgehead atoms. The quantitative estimate of drug-likeness (QED) is 0.875. The summed E-state index contributed by atoms with van der Waals surface area (Å²) in [5.74, 6) is -0.471. The number of rotatable bonds is 3. The second-order valence-electron chi connectivity index (χ2n) is 3.35. The van der Waals surface area contributed by atoms with Crippen LogP contribution in [0.4, 0.5) is 0 Å². The highest BCUT2D eigenvalue weighted by atomic mass is 127. The van der Waals surface area contributed by atoms with E-state index in [1.165, 1.54) is 6.07 Å². The van der Waals surface area contributed by atoms with E-state index in [1.807, 2.05) is 6.20 Å². The predicted octanol–water partition coefficient (Wildman–Crippen LogP) is 2.14. The van der Waals surface area contributed by atoms with Crippen LogP contribution >= 0.6 is 22.6 Å². The van der Waals surface area contributed by atoms with Gasteiger partial charge in [-0.25, -0.2) is 4.79 Å². The lowest BCUT2D eigenvalue weighted by Gasteiger charge is -1.98. The summed E-state index contributed by atoms with van der Waals surface area (Å²) < 4.78 is 7.89. The molecule has 6 heteroatoms. The van der Waals surface area contributed by atoms with Gasteiger partial charge in [-0.05, 0) is 35.6 Å². The minimum absolute atomic E-state index is 0.0330. The molecule has 0 fully saturated rings. The van der Waals surface area contributed by atoms with Crippen LogP contribution in [0.2, 0.25) is 0 Å². The van der Waals surface area contributed by atoms with E-state index in [2.05, 4.69) is 27.7 Å². The molecule has 0 saturated carbocycles. The molecule has 2 aromatic heterocycles. The fourth-order valence-electron chi connectivity index (χ4n) is 1.38. The van der Waals surface area contributed by atoms with E-state index in [0.717, 1.165) is 9.13 Å². The average Bonchev–Trinajstić information content (AvgIpc) is 2.75. The van der Waals surface area contributed by atoms with Crippen molar-refractivity contribution in [1.82, 2.24) is 9.78 Å². The summed E-state index contributed by atoms with van der Waals surface area (Å²) in [7, 11) is 0. The van der Waals surface area contributed by atoms with Gasteiger partial charge in [-0.1, -0.05) is 0 Å². The molecule has 0 aliphatic carbocycles. The van der Waals surface area contributed by atoms with Gasteiger partial charge in [-0.3, -0.25) is 4.68 Å². The molecule has 0 atom stereocenters. The van der Waals surface area contributed by atoms with E-state index >= 15 is 0 Å². The molecule has 1 N–H and O–H groups in total. The highest BCUT2D eigenvalue weighted by Crippen LogP contribution is 2.16.